The monoisotopic (exact) mass is 313 g/mol. The SMILES string of the molecule is C=S(=O)(SCCCN1CCOCC1)c1ccc(C)cc1. The van der Waals surface area contributed by atoms with Crippen molar-refractivity contribution in [1.29, 1.82) is 0 Å². The van der Waals surface area contributed by atoms with Gasteiger partial charge < -0.3 is 4.74 Å². The third kappa shape index (κ3) is 4.81. The average Bonchev–Trinajstić information content (AvgIpc) is 2.45. The molecular weight excluding hydrogens is 290 g/mol. The maximum atomic E-state index is 12.6. The predicted molar refractivity (Wildman–Crippen MR) is 89.0 cm³/mol. The minimum Gasteiger partial charge on any atom is -0.379 e. The maximum Gasteiger partial charge on any atom is 0.0594 e. The van der Waals surface area contributed by atoms with Crippen LogP contribution in [0.15, 0.2) is 29.2 Å². The van der Waals surface area contributed by atoms with Gasteiger partial charge in [-0.15, -0.1) is 0 Å². The Bertz CT molecular complexity index is 505. The normalized spacial score (nSPS) is 19.6. The summed E-state index contributed by atoms with van der Waals surface area (Å²) in [5, 5.41) is 0. The van der Waals surface area contributed by atoms with E-state index in [1.165, 1.54) is 16.4 Å². The highest BCUT2D eigenvalue weighted by molar-refractivity contribution is 8.75. The average molecular weight is 313 g/mol. The molecule has 1 saturated heterocycles. The first-order valence-corrected chi connectivity index (χ1v) is 10.2. The largest absolute Gasteiger partial charge is 0.379 e. The van der Waals surface area contributed by atoms with Crippen LogP contribution in [0, 0.1) is 6.92 Å². The lowest BCUT2D eigenvalue weighted by atomic mass is 10.2. The highest BCUT2D eigenvalue weighted by atomic mass is 33.1. The lowest BCUT2D eigenvalue weighted by Crippen LogP contribution is -2.37. The van der Waals surface area contributed by atoms with E-state index in [4.69, 9.17) is 4.74 Å². The summed E-state index contributed by atoms with van der Waals surface area (Å²) in [6.45, 7) is 6.79. The summed E-state index contributed by atoms with van der Waals surface area (Å²) >= 11 is 0. The summed E-state index contributed by atoms with van der Waals surface area (Å²) in [6, 6.07) is 7.85. The fourth-order valence-electron chi connectivity index (χ4n) is 2.12. The molecule has 0 saturated carbocycles. The molecule has 20 heavy (non-hydrogen) atoms. The van der Waals surface area contributed by atoms with Gasteiger partial charge >= 0.3 is 0 Å². The molecule has 5 heteroatoms. The van der Waals surface area contributed by atoms with Crippen LogP contribution in [0.4, 0.5) is 0 Å². The van der Waals surface area contributed by atoms with Crippen molar-refractivity contribution in [2.75, 3.05) is 38.6 Å². The smallest absolute Gasteiger partial charge is 0.0594 e. The number of benzene rings is 1. The molecule has 1 fully saturated rings. The summed E-state index contributed by atoms with van der Waals surface area (Å²) in [5.74, 6) is 4.79. The van der Waals surface area contributed by atoms with Crippen LogP contribution in [-0.4, -0.2) is 53.6 Å². The topological polar surface area (TPSA) is 29.5 Å². The molecule has 1 aromatic carbocycles. The Morgan fingerprint density at radius 1 is 1.30 bits per heavy atom. The van der Waals surface area contributed by atoms with E-state index >= 15 is 0 Å². The molecule has 0 spiro atoms. The van der Waals surface area contributed by atoms with Gasteiger partial charge in [0.05, 0.1) is 13.2 Å². The first kappa shape index (κ1) is 15.9. The standard InChI is InChI=1S/C15H23NO2S2/c1-14-4-6-15(7-5-14)20(2,17)19-13-3-8-16-9-11-18-12-10-16/h4-7H,2-3,8-13H2,1H3. The van der Waals surface area contributed by atoms with Gasteiger partial charge in [-0.3, -0.25) is 9.11 Å². The summed E-state index contributed by atoms with van der Waals surface area (Å²) in [6.07, 6.45) is 1.04. The number of hydrogen-bond donors (Lipinski definition) is 0. The lowest BCUT2D eigenvalue weighted by Gasteiger charge is -2.26. The van der Waals surface area contributed by atoms with Gasteiger partial charge in [-0.1, -0.05) is 28.5 Å². The Balaban J connectivity index is 1.76. The van der Waals surface area contributed by atoms with Crippen molar-refractivity contribution in [2.24, 2.45) is 0 Å². The van der Waals surface area contributed by atoms with Gasteiger partial charge in [0, 0.05) is 32.3 Å². The van der Waals surface area contributed by atoms with Gasteiger partial charge in [0.15, 0.2) is 0 Å². The fourth-order valence-corrected chi connectivity index (χ4v) is 5.23. The van der Waals surface area contributed by atoms with E-state index in [9.17, 15) is 4.21 Å². The Morgan fingerprint density at radius 2 is 1.95 bits per heavy atom. The molecule has 1 aliphatic heterocycles. The van der Waals surface area contributed by atoms with Crippen molar-refractivity contribution < 1.29 is 8.95 Å². The van der Waals surface area contributed by atoms with Crippen LogP contribution in [0.3, 0.4) is 0 Å². The highest BCUT2D eigenvalue weighted by Gasteiger charge is 2.11. The van der Waals surface area contributed by atoms with Crippen molar-refractivity contribution in [2.45, 2.75) is 18.2 Å². The van der Waals surface area contributed by atoms with Crippen LogP contribution in [0.2, 0.25) is 0 Å². The number of rotatable bonds is 6. The van der Waals surface area contributed by atoms with Crippen LogP contribution >= 0.6 is 10.8 Å². The van der Waals surface area contributed by atoms with Crippen LogP contribution in [0.25, 0.3) is 0 Å². The van der Waals surface area contributed by atoms with Crippen molar-refractivity contribution in [3.63, 3.8) is 0 Å². The summed E-state index contributed by atoms with van der Waals surface area (Å²) in [7, 11) is -0.722. The molecule has 2 rings (SSSR count). The zero-order valence-corrected chi connectivity index (χ0v) is 13.7. The molecule has 3 nitrogen and oxygen atoms in total. The van der Waals surface area contributed by atoms with E-state index in [1.54, 1.807) is 0 Å². The third-order valence-electron chi connectivity index (χ3n) is 3.38. The number of morpholine rings is 1. The van der Waals surface area contributed by atoms with Crippen molar-refractivity contribution in [1.82, 2.24) is 4.90 Å². The van der Waals surface area contributed by atoms with E-state index in [0.29, 0.717) is 0 Å². The molecule has 0 aliphatic carbocycles. The summed E-state index contributed by atoms with van der Waals surface area (Å²) in [4.78, 5) is 3.25. The van der Waals surface area contributed by atoms with Gasteiger partial charge in [-0.05, 0) is 37.9 Å². The van der Waals surface area contributed by atoms with Gasteiger partial charge in [0.25, 0.3) is 0 Å². The fraction of sp³-hybridized carbons (Fsp3) is 0.533. The zero-order chi connectivity index (χ0) is 14.4. The van der Waals surface area contributed by atoms with Crippen LogP contribution in [-0.2, 0) is 13.3 Å². The van der Waals surface area contributed by atoms with Crippen molar-refractivity contribution in [3.05, 3.63) is 29.8 Å². The first-order valence-electron chi connectivity index (χ1n) is 6.96. The van der Waals surface area contributed by atoms with Gasteiger partial charge in [0.1, 0.15) is 0 Å². The van der Waals surface area contributed by atoms with Gasteiger partial charge in [0.2, 0.25) is 0 Å². The van der Waals surface area contributed by atoms with Crippen LogP contribution in [0.1, 0.15) is 12.0 Å². The molecular formula is C15H23NO2S2. The molecule has 1 heterocycles. The number of hydrogen-bond acceptors (Lipinski definition) is 4. The van der Waals surface area contributed by atoms with E-state index < -0.39 is 8.55 Å². The Morgan fingerprint density at radius 3 is 2.60 bits per heavy atom. The molecule has 0 amide bonds. The molecule has 1 aromatic rings. The molecule has 0 bridgehead atoms. The summed E-state index contributed by atoms with van der Waals surface area (Å²) in [5.41, 5.74) is 1.18. The lowest BCUT2D eigenvalue weighted by molar-refractivity contribution is 0.0381. The molecule has 1 aliphatic rings. The second-order valence-electron chi connectivity index (χ2n) is 5.06. The molecule has 0 radical (unpaired) electrons. The molecule has 0 aromatic heterocycles. The Hall–Kier alpha value is -0.490. The second kappa shape index (κ2) is 7.50. The minimum atomic E-state index is -2.21. The number of ether oxygens (including phenoxy) is 1. The highest BCUT2D eigenvalue weighted by Crippen LogP contribution is 2.24. The van der Waals surface area contributed by atoms with Crippen LogP contribution < -0.4 is 0 Å². The predicted octanol–water partition coefficient (Wildman–Crippen LogP) is 2.44. The Labute approximate surface area is 126 Å². The quantitative estimate of drug-likeness (QED) is 0.458. The molecule has 1 unspecified atom stereocenters. The third-order valence-corrected chi connectivity index (χ3v) is 7.42. The molecule has 112 valence electrons. The molecule has 1 atom stereocenters. The Kier molecular flexibility index (Phi) is 5.96. The van der Waals surface area contributed by atoms with Crippen LogP contribution in [0.5, 0.6) is 0 Å². The van der Waals surface area contributed by atoms with Gasteiger partial charge in [-0.25, -0.2) is 0 Å². The zero-order valence-electron chi connectivity index (χ0n) is 12.0. The number of nitrogens with zero attached hydrogens (tertiary/aromatic N) is 1. The minimum absolute atomic E-state index is 0.836. The van der Waals surface area contributed by atoms with Crippen molar-refractivity contribution in [3.8, 4) is 0 Å². The van der Waals surface area contributed by atoms with E-state index in [2.05, 4.69) is 10.8 Å². The van der Waals surface area contributed by atoms with Crippen molar-refractivity contribution >= 4 is 25.2 Å². The van der Waals surface area contributed by atoms with E-state index in [0.717, 1.165) is 49.9 Å². The number of aryl methyl sites for hydroxylation is 1. The van der Waals surface area contributed by atoms with E-state index in [1.807, 2.05) is 31.2 Å². The molecule has 0 N–H and O–H groups in total. The first-order chi connectivity index (χ1) is 9.58. The summed E-state index contributed by atoms with van der Waals surface area (Å²) < 4.78 is 17.9. The maximum absolute atomic E-state index is 12.6. The van der Waals surface area contributed by atoms with Gasteiger partial charge in [-0.2, -0.15) is 0 Å². The van der Waals surface area contributed by atoms with E-state index in [-0.39, 0.29) is 0 Å². The second-order valence-corrected chi connectivity index (χ2v) is 9.72.